The Bertz CT molecular complexity index is 809. The summed E-state index contributed by atoms with van der Waals surface area (Å²) in [5.41, 5.74) is 1.52. The van der Waals surface area contributed by atoms with Crippen molar-refractivity contribution in [1.82, 2.24) is 4.90 Å². The zero-order valence-electron chi connectivity index (χ0n) is 14.3. The maximum Gasteiger partial charge on any atom is 0.173 e. The van der Waals surface area contributed by atoms with Crippen molar-refractivity contribution in [2.45, 2.75) is 0 Å². The number of nitrogens with one attached hydrogen (secondary N) is 1. The summed E-state index contributed by atoms with van der Waals surface area (Å²) in [6.07, 6.45) is 0. The van der Waals surface area contributed by atoms with Gasteiger partial charge in [0.05, 0.1) is 5.69 Å². The second-order valence-electron chi connectivity index (χ2n) is 6.21. The Morgan fingerprint density at radius 3 is 2.46 bits per heavy atom. The molecule has 7 heteroatoms. The number of benzene rings is 2. The van der Waals surface area contributed by atoms with Crippen LogP contribution in [0.3, 0.4) is 0 Å². The lowest BCUT2D eigenvalue weighted by atomic mass is 10.2. The molecule has 0 aliphatic carbocycles. The van der Waals surface area contributed by atoms with E-state index in [2.05, 4.69) is 15.1 Å². The molecule has 1 fully saturated rings. The number of halogens is 1. The lowest BCUT2D eigenvalue weighted by molar-refractivity contribution is 0.171. The molecule has 2 aliphatic rings. The molecule has 0 saturated carbocycles. The monoisotopic (exact) mass is 373 g/mol. The summed E-state index contributed by atoms with van der Waals surface area (Å²) in [5, 5.41) is 3.92. The molecule has 0 bridgehead atoms. The minimum absolute atomic E-state index is 0.182. The first-order valence-electron chi connectivity index (χ1n) is 8.66. The summed E-state index contributed by atoms with van der Waals surface area (Å²) >= 11 is 5.54. The van der Waals surface area contributed by atoms with Gasteiger partial charge in [-0.15, -0.1) is 0 Å². The van der Waals surface area contributed by atoms with Crippen molar-refractivity contribution < 1.29 is 13.9 Å². The molecule has 2 aromatic rings. The van der Waals surface area contributed by atoms with Crippen LogP contribution in [0.4, 0.5) is 15.8 Å². The van der Waals surface area contributed by atoms with Crippen molar-refractivity contribution in [3.8, 4) is 11.5 Å². The Kier molecular flexibility index (Phi) is 4.79. The van der Waals surface area contributed by atoms with Crippen LogP contribution in [0.1, 0.15) is 0 Å². The van der Waals surface area contributed by atoms with Gasteiger partial charge in [0.1, 0.15) is 19.0 Å². The first-order chi connectivity index (χ1) is 12.7. The maximum absolute atomic E-state index is 13.9. The van der Waals surface area contributed by atoms with Crippen molar-refractivity contribution in [2.75, 3.05) is 49.6 Å². The number of anilines is 2. The number of rotatable bonds is 2. The quantitative estimate of drug-likeness (QED) is 0.816. The van der Waals surface area contributed by atoms with Crippen LogP contribution in [-0.2, 0) is 0 Å². The Balaban J connectivity index is 1.36. The number of fused-ring (bicyclic) bond motifs is 1. The van der Waals surface area contributed by atoms with E-state index in [0.717, 1.165) is 43.4 Å². The molecule has 0 radical (unpaired) electrons. The Hall–Kier alpha value is -2.54. The van der Waals surface area contributed by atoms with Crippen LogP contribution >= 0.6 is 12.2 Å². The minimum Gasteiger partial charge on any atom is -0.486 e. The summed E-state index contributed by atoms with van der Waals surface area (Å²) in [5.74, 6) is 1.30. The lowest BCUT2D eigenvalue weighted by Crippen LogP contribution is -2.50. The largest absolute Gasteiger partial charge is 0.486 e. The molecule has 136 valence electrons. The van der Waals surface area contributed by atoms with E-state index in [-0.39, 0.29) is 5.82 Å². The topological polar surface area (TPSA) is 37.0 Å². The summed E-state index contributed by atoms with van der Waals surface area (Å²) in [7, 11) is 0. The van der Waals surface area contributed by atoms with Crippen LogP contribution in [-0.4, -0.2) is 49.4 Å². The lowest BCUT2D eigenvalue weighted by Gasteiger charge is -2.37. The third-order valence-electron chi connectivity index (χ3n) is 4.55. The highest BCUT2D eigenvalue weighted by atomic mass is 32.1. The van der Waals surface area contributed by atoms with Crippen molar-refractivity contribution >= 4 is 28.7 Å². The molecular formula is C19H20FN3O2S. The number of para-hydroxylation sites is 1. The molecule has 0 unspecified atom stereocenters. The van der Waals surface area contributed by atoms with Gasteiger partial charge in [0.25, 0.3) is 0 Å². The highest BCUT2D eigenvalue weighted by Crippen LogP contribution is 2.32. The number of hydrogen-bond donors (Lipinski definition) is 1. The van der Waals surface area contributed by atoms with E-state index in [1.807, 2.05) is 30.3 Å². The van der Waals surface area contributed by atoms with Crippen LogP contribution in [0.25, 0.3) is 0 Å². The van der Waals surface area contributed by atoms with Gasteiger partial charge in [0.15, 0.2) is 16.6 Å². The molecule has 2 aliphatic heterocycles. The predicted molar refractivity (Wildman–Crippen MR) is 104 cm³/mol. The van der Waals surface area contributed by atoms with Crippen LogP contribution in [0.2, 0.25) is 0 Å². The van der Waals surface area contributed by atoms with E-state index in [1.54, 1.807) is 6.07 Å². The molecule has 0 aromatic heterocycles. The number of piperazine rings is 1. The van der Waals surface area contributed by atoms with Gasteiger partial charge in [-0.05, 0) is 36.5 Å². The fourth-order valence-corrected chi connectivity index (χ4v) is 3.48. The fourth-order valence-electron chi connectivity index (χ4n) is 3.18. The van der Waals surface area contributed by atoms with Gasteiger partial charge in [-0.25, -0.2) is 4.39 Å². The molecule has 5 nitrogen and oxygen atoms in total. The van der Waals surface area contributed by atoms with Gasteiger partial charge in [-0.1, -0.05) is 12.1 Å². The number of ether oxygens (including phenoxy) is 2. The second-order valence-corrected chi connectivity index (χ2v) is 6.60. The summed E-state index contributed by atoms with van der Waals surface area (Å²) < 4.78 is 25.1. The smallest absolute Gasteiger partial charge is 0.173 e. The van der Waals surface area contributed by atoms with Crippen LogP contribution < -0.4 is 19.7 Å². The van der Waals surface area contributed by atoms with E-state index in [9.17, 15) is 4.39 Å². The standard InChI is InChI=1S/C19H20FN3O2S/c20-15-3-1-2-4-16(15)22-7-9-23(10-8-22)19(26)21-14-5-6-17-18(13-14)25-12-11-24-17/h1-6,13H,7-12H2,(H,21,26). The van der Waals surface area contributed by atoms with Crippen LogP contribution in [0, 0.1) is 5.82 Å². The third-order valence-corrected chi connectivity index (χ3v) is 4.91. The molecule has 0 amide bonds. The number of thiocarbonyl (C=S) groups is 1. The van der Waals surface area contributed by atoms with Gasteiger partial charge >= 0.3 is 0 Å². The number of nitrogens with zero attached hydrogens (tertiary/aromatic N) is 2. The zero-order chi connectivity index (χ0) is 17.9. The highest BCUT2D eigenvalue weighted by molar-refractivity contribution is 7.80. The molecule has 0 atom stereocenters. The fraction of sp³-hybridized carbons (Fsp3) is 0.316. The van der Waals surface area contributed by atoms with E-state index < -0.39 is 0 Å². The minimum atomic E-state index is -0.182. The first kappa shape index (κ1) is 16.9. The Morgan fingerprint density at radius 1 is 0.962 bits per heavy atom. The van der Waals surface area contributed by atoms with Crippen LogP contribution in [0.15, 0.2) is 42.5 Å². The molecule has 26 heavy (non-hydrogen) atoms. The van der Waals surface area contributed by atoms with Crippen molar-refractivity contribution in [3.63, 3.8) is 0 Å². The average Bonchev–Trinajstić information content (AvgIpc) is 2.68. The molecule has 2 heterocycles. The second kappa shape index (κ2) is 7.37. The SMILES string of the molecule is Fc1ccccc1N1CCN(C(=S)Nc2ccc3c(c2)OCCO3)CC1. The van der Waals surface area contributed by atoms with E-state index in [0.29, 0.717) is 24.0 Å². The van der Waals surface area contributed by atoms with Crippen molar-refractivity contribution in [2.24, 2.45) is 0 Å². The summed E-state index contributed by atoms with van der Waals surface area (Å²) in [4.78, 5) is 4.15. The molecule has 1 N–H and O–H groups in total. The van der Waals surface area contributed by atoms with Gasteiger partial charge in [-0.2, -0.15) is 0 Å². The normalized spacial score (nSPS) is 16.3. The van der Waals surface area contributed by atoms with Gasteiger partial charge in [-0.3, -0.25) is 0 Å². The van der Waals surface area contributed by atoms with Crippen molar-refractivity contribution in [1.29, 1.82) is 0 Å². The molecule has 4 rings (SSSR count). The van der Waals surface area contributed by atoms with Gasteiger partial charge < -0.3 is 24.6 Å². The Labute approximate surface area is 157 Å². The third kappa shape index (κ3) is 3.53. The highest BCUT2D eigenvalue weighted by Gasteiger charge is 2.21. The van der Waals surface area contributed by atoms with Gasteiger partial charge in [0, 0.05) is 37.9 Å². The zero-order valence-corrected chi connectivity index (χ0v) is 15.1. The van der Waals surface area contributed by atoms with Gasteiger partial charge in [0.2, 0.25) is 0 Å². The van der Waals surface area contributed by atoms with E-state index >= 15 is 0 Å². The number of hydrogen-bond acceptors (Lipinski definition) is 4. The van der Waals surface area contributed by atoms with Crippen molar-refractivity contribution in [3.05, 3.63) is 48.3 Å². The maximum atomic E-state index is 13.9. The summed E-state index contributed by atoms with van der Waals surface area (Å²) in [6, 6.07) is 12.6. The van der Waals surface area contributed by atoms with Crippen LogP contribution in [0.5, 0.6) is 11.5 Å². The first-order valence-corrected chi connectivity index (χ1v) is 9.06. The van der Waals surface area contributed by atoms with E-state index in [1.165, 1.54) is 6.07 Å². The molecule has 2 aromatic carbocycles. The van der Waals surface area contributed by atoms with E-state index in [4.69, 9.17) is 21.7 Å². The Morgan fingerprint density at radius 2 is 1.69 bits per heavy atom. The molecular weight excluding hydrogens is 353 g/mol. The summed E-state index contributed by atoms with van der Waals surface area (Å²) in [6.45, 7) is 4.06. The average molecular weight is 373 g/mol. The molecule has 1 saturated heterocycles. The predicted octanol–water partition coefficient (Wildman–Crippen LogP) is 3.12. The molecule has 0 spiro atoms.